The highest BCUT2D eigenvalue weighted by Crippen LogP contribution is 2.11. The van der Waals surface area contributed by atoms with Crippen molar-refractivity contribution in [3.63, 3.8) is 0 Å². The first kappa shape index (κ1) is 8.16. The Morgan fingerprint density at radius 1 is 1.38 bits per heavy atom. The number of aromatic nitrogens is 3. The van der Waals surface area contributed by atoms with Gasteiger partial charge in [-0.05, 0) is 12.1 Å². The molecule has 4 heteroatoms. The molecule has 0 fully saturated rings. The SMILES string of the molecule is CC(C)c1nc2ccc(F)cn2n1. The number of halogens is 1. The second-order valence-electron chi connectivity index (χ2n) is 3.27. The van der Waals surface area contributed by atoms with Gasteiger partial charge in [0.25, 0.3) is 0 Å². The summed E-state index contributed by atoms with van der Waals surface area (Å²) >= 11 is 0. The van der Waals surface area contributed by atoms with E-state index >= 15 is 0 Å². The molecule has 0 bridgehead atoms. The van der Waals surface area contributed by atoms with Crippen LogP contribution in [0.4, 0.5) is 4.39 Å². The summed E-state index contributed by atoms with van der Waals surface area (Å²) in [6, 6.07) is 3.00. The lowest BCUT2D eigenvalue weighted by Crippen LogP contribution is -1.91. The van der Waals surface area contributed by atoms with Gasteiger partial charge >= 0.3 is 0 Å². The summed E-state index contributed by atoms with van der Waals surface area (Å²) in [5.74, 6) is 0.710. The van der Waals surface area contributed by atoms with Gasteiger partial charge in [0.1, 0.15) is 5.82 Å². The lowest BCUT2D eigenvalue weighted by molar-refractivity contribution is 0.613. The predicted octanol–water partition coefficient (Wildman–Crippen LogP) is 1.99. The summed E-state index contributed by atoms with van der Waals surface area (Å²) < 4.78 is 14.2. The molecule has 13 heavy (non-hydrogen) atoms. The molecule has 0 amide bonds. The molecule has 0 aliphatic rings. The highest BCUT2D eigenvalue weighted by Gasteiger charge is 2.06. The molecule has 0 saturated heterocycles. The van der Waals surface area contributed by atoms with Crippen molar-refractivity contribution >= 4 is 5.65 Å². The van der Waals surface area contributed by atoms with Crippen LogP contribution in [0, 0.1) is 5.82 Å². The van der Waals surface area contributed by atoms with Crippen molar-refractivity contribution in [1.82, 2.24) is 14.6 Å². The smallest absolute Gasteiger partial charge is 0.155 e. The molecule has 2 heterocycles. The van der Waals surface area contributed by atoms with Crippen molar-refractivity contribution in [1.29, 1.82) is 0 Å². The van der Waals surface area contributed by atoms with Crippen LogP contribution >= 0.6 is 0 Å². The fourth-order valence-electron chi connectivity index (χ4n) is 1.12. The number of rotatable bonds is 1. The zero-order valence-electron chi connectivity index (χ0n) is 7.53. The number of nitrogens with zero attached hydrogens (tertiary/aromatic N) is 3. The fourth-order valence-corrected chi connectivity index (χ4v) is 1.12. The number of pyridine rings is 1. The van der Waals surface area contributed by atoms with Crippen LogP contribution in [0.25, 0.3) is 5.65 Å². The molecule has 0 radical (unpaired) electrons. The highest BCUT2D eigenvalue weighted by molar-refractivity contribution is 5.36. The van der Waals surface area contributed by atoms with Crippen molar-refractivity contribution in [2.45, 2.75) is 19.8 Å². The van der Waals surface area contributed by atoms with E-state index in [0.717, 1.165) is 5.82 Å². The molecule has 0 unspecified atom stereocenters. The largest absolute Gasteiger partial charge is 0.218 e. The maximum absolute atomic E-state index is 12.8. The molecule has 0 N–H and O–H groups in total. The molecule has 68 valence electrons. The Labute approximate surface area is 75.2 Å². The van der Waals surface area contributed by atoms with Crippen molar-refractivity contribution in [3.05, 3.63) is 30.0 Å². The van der Waals surface area contributed by atoms with Gasteiger partial charge in [-0.25, -0.2) is 13.9 Å². The Morgan fingerprint density at radius 2 is 2.15 bits per heavy atom. The van der Waals surface area contributed by atoms with E-state index in [4.69, 9.17) is 0 Å². The average molecular weight is 179 g/mol. The maximum Gasteiger partial charge on any atom is 0.155 e. The standard InChI is InChI=1S/C9H10FN3/c1-6(2)9-11-8-4-3-7(10)5-13(8)12-9/h3-6H,1-2H3. The monoisotopic (exact) mass is 179 g/mol. The molecule has 2 aromatic heterocycles. The number of fused-ring (bicyclic) bond motifs is 1. The van der Waals surface area contributed by atoms with E-state index in [1.807, 2.05) is 13.8 Å². The van der Waals surface area contributed by atoms with Crippen LogP contribution in [0.15, 0.2) is 18.3 Å². The van der Waals surface area contributed by atoms with E-state index in [9.17, 15) is 4.39 Å². The van der Waals surface area contributed by atoms with Crippen LogP contribution in [0.5, 0.6) is 0 Å². The first-order valence-corrected chi connectivity index (χ1v) is 4.18. The van der Waals surface area contributed by atoms with Gasteiger partial charge in [0, 0.05) is 5.92 Å². The van der Waals surface area contributed by atoms with E-state index in [2.05, 4.69) is 10.1 Å². The summed E-state index contributed by atoms with van der Waals surface area (Å²) in [7, 11) is 0. The summed E-state index contributed by atoms with van der Waals surface area (Å²) in [5.41, 5.74) is 0.685. The molecule has 0 aromatic carbocycles. The molecule has 0 atom stereocenters. The Hall–Kier alpha value is -1.45. The van der Waals surface area contributed by atoms with Crippen LogP contribution in [-0.4, -0.2) is 14.6 Å². The summed E-state index contributed by atoms with van der Waals surface area (Å²) in [4.78, 5) is 4.24. The minimum atomic E-state index is -0.298. The first-order chi connectivity index (χ1) is 6.16. The van der Waals surface area contributed by atoms with Crippen molar-refractivity contribution in [2.75, 3.05) is 0 Å². The van der Waals surface area contributed by atoms with Crippen molar-refractivity contribution < 1.29 is 4.39 Å². The first-order valence-electron chi connectivity index (χ1n) is 4.18. The predicted molar refractivity (Wildman–Crippen MR) is 47.0 cm³/mol. The van der Waals surface area contributed by atoms with Crippen LogP contribution < -0.4 is 0 Å². The Bertz CT molecular complexity index is 433. The van der Waals surface area contributed by atoms with Crippen molar-refractivity contribution in [3.8, 4) is 0 Å². The average Bonchev–Trinajstić information content (AvgIpc) is 2.46. The topological polar surface area (TPSA) is 30.2 Å². The summed E-state index contributed by atoms with van der Waals surface area (Å²) in [6.07, 6.45) is 1.33. The van der Waals surface area contributed by atoms with Gasteiger partial charge in [0.15, 0.2) is 11.5 Å². The quantitative estimate of drug-likeness (QED) is 0.670. The second kappa shape index (κ2) is 2.80. The normalized spacial score (nSPS) is 11.4. The Kier molecular flexibility index (Phi) is 1.76. The zero-order valence-corrected chi connectivity index (χ0v) is 7.53. The third-order valence-electron chi connectivity index (χ3n) is 1.83. The Balaban J connectivity index is 2.62. The van der Waals surface area contributed by atoms with Gasteiger partial charge in [0.2, 0.25) is 0 Å². The number of hydrogen-bond donors (Lipinski definition) is 0. The molecule has 2 rings (SSSR count). The molecule has 0 spiro atoms. The van der Waals surface area contributed by atoms with Gasteiger partial charge in [0.05, 0.1) is 6.20 Å². The molecule has 3 nitrogen and oxygen atoms in total. The van der Waals surface area contributed by atoms with E-state index < -0.39 is 0 Å². The third kappa shape index (κ3) is 1.39. The minimum Gasteiger partial charge on any atom is -0.218 e. The van der Waals surface area contributed by atoms with Crippen LogP contribution in [0.2, 0.25) is 0 Å². The minimum absolute atomic E-state index is 0.267. The fraction of sp³-hybridized carbons (Fsp3) is 0.333. The van der Waals surface area contributed by atoms with Gasteiger partial charge in [-0.1, -0.05) is 13.8 Å². The maximum atomic E-state index is 12.8. The molecule has 0 saturated carbocycles. The zero-order chi connectivity index (χ0) is 9.42. The van der Waals surface area contributed by atoms with Crippen LogP contribution in [-0.2, 0) is 0 Å². The van der Waals surface area contributed by atoms with E-state index in [0.29, 0.717) is 5.65 Å². The van der Waals surface area contributed by atoms with Gasteiger partial charge in [-0.2, -0.15) is 5.10 Å². The molecule has 2 aromatic rings. The lowest BCUT2D eigenvalue weighted by atomic mass is 10.2. The molecular weight excluding hydrogens is 169 g/mol. The molecular formula is C9H10FN3. The second-order valence-corrected chi connectivity index (χ2v) is 3.27. The number of hydrogen-bond acceptors (Lipinski definition) is 2. The van der Waals surface area contributed by atoms with Crippen LogP contribution in [0.1, 0.15) is 25.6 Å². The van der Waals surface area contributed by atoms with Crippen LogP contribution in [0.3, 0.4) is 0 Å². The van der Waals surface area contributed by atoms with E-state index in [-0.39, 0.29) is 11.7 Å². The highest BCUT2D eigenvalue weighted by atomic mass is 19.1. The lowest BCUT2D eigenvalue weighted by Gasteiger charge is -1.92. The Morgan fingerprint density at radius 3 is 2.85 bits per heavy atom. The van der Waals surface area contributed by atoms with Gasteiger partial charge in [-0.15, -0.1) is 0 Å². The van der Waals surface area contributed by atoms with E-state index in [1.165, 1.54) is 16.8 Å². The summed E-state index contributed by atoms with van der Waals surface area (Å²) in [6.45, 7) is 4.01. The molecule has 0 aliphatic heterocycles. The van der Waals surface area contributed by atoms with Gasteiger partial charge < -0.3 is 0 Å². The van der Waals surface area contributed by atoms with E-state index in [1.54, 1.807) is 6.07 Å². The third-order valence-corrected chi connectivity index (χ3v) is 1.83. The summed E-state index contributed by atoms with van der Waals surface area (Å²) in [5, 5.41) is 4.14. The van der Waals surface area contributed by atoms with Gasteiger partial charge in [-0.3, -0.25) is 0 Å². The molecule has 0 aliphatic carbocycles. The van der Waals surface area contributed by atoms with Crippen molar-refractivity contribution in [2.24, 2.45) is 0 Å².